The van der Waals surface area contributed by atoms with E-state index in [1.807, 2.05) is 35.3 Å². The van der Waals surface area contributed by atoms with E-state index >= 15 is 0 Å². The highest BCUT2D eigenvalue weighted by molar-refractivity contribution is 7.99. The molecule has 0 bridgehead atoms. The molecule has 0 saturated carbocycles. The van der Waals surface area contributed by atoms with Crippen LogP contribution in [0.1, 0.15) is 310 Å². The van der Waals surface area contributed by atoms with Gasteiger partial charge < -0.3 is 14.2 Å². The molecule has 0 N–H and O–H groups in total. The van der Waals surface area contributed by atoms with Gasteiger partial charge in [0.15, 0.2) is 0 Å². The quantitative estimate of drug-likeness (QED) is 0.0348. The van der Waals surface area contributed by atoms with Gasteiger partial charge in [-0.3, -0.25) is 14.4 Å². The zero-order chi connectivity index (χ0) is 58.7. The van der Waals surface area contributed by atoms with Gasteiger partial charge in [-0.25, -0.2) is 28.1 Å². The van der Waals surface area contributed by atoms with Gasteiger partial charge in [0.05, 0.1) is 19.6 Å². The highest BCUT2D eigenvalue weighted by Gasteiger charge is 2.18. The Morgan fingerprint density at radius 1 is 0.272 bits per heavy atom. The van der Waals surface area contributed by atoms with Crippen molar-refractivity contribution < 1.29 is 28.6 Å². The molecule has 0 fully saturated rings. The van der Waals surface area contributed by atoms with Crippen molar-refractivity contribution in [3.63, 3.8) is 0 Å². The van der Waals surface area contributed by atoms with Crippen molar-refractivity contribution in [1.82, 2.24) is 13.7 Å². The summed E-state index contributed by atoms with van der Waals surface area (Å²) in [7, 11) is 0. The van der Waals surface area contributed by atoms with E-state index in [0.717, 1.165) is 48.2 Å². The maximum absolute atomic E-state index is 13.7. The number of nitrogens with zero attached hydrogens (tertiary/aromatic N) is 3. The summed E-state index contributed by atoms with van der Waals surface area (Å²) < 4.78 is 19.0. The molecule has 15 heteroatoms. The lowest BCUT2D eigenvalue weighted by molar-refractivity contribution is -0.144. The Hall–Kier alpha value is -2.13. The molecule has 0 unspecified atom stereocenters. The number of esters is 3. The minimum Gasteiger partial charge on any atom is -0.464 e. The fraction of sp³-hybridized carbons (Fsp3) is 0.909. The predicted octanol–water partition coefficient (Wildman–Crippen LogP) is 17.6. The van der Waals surface area contributed by atoms with Gasteiger partial charge in [0.1, 0.15) is 19.8 Å². The average Bonchev–Trinajstić information content (AvgIpc) is 3.46. The van der Waals surface area contributed by atoms with E-state index in [0.29, 0.717) is 19.3 Å². The normalized spacial score (nSPS) is 11.4. The van der Waals surface area contributed by atoms with Crippen molar-refractivity contribution in [2.75, 3.05) is 54.3 Å². The summed E-state index contributed by atoms with van der Waals surface area (Å²) in [5, 5.41) is 0. The second kappa shape index (κ2) is 59.6. The van der Waals surface area contributed by atoms with E-state index in [4.69, 9.17) is 14.2 Å². The van der Waals surface area contributed by atoms with Crippen molar-refractivity contribution in [2.24, 2.45) is 0 Å². The second-order valence-electron chi connectivity index (χ2n) is 22.8. The van der Waals surface area contributed by atoms with Gasteiger partial charge in [0.25, 0.3) is 0 Å². The standard InChI is InChI=1S/C66H123N3O9S3/c1-4-7-10-13-16-19-22-25-28-31-34-37-40-55-79-58-43-46-61(70)76-52-49-67-64(73)68(50-53-77-62(71)47-44-59-80-56-41-38-35-32-29-26-23-20-17-14-11-8-5-2)66(75)69(65(67)74)51-54-78-63(72)48-45-60-81-57-42-39-36-33-30-27-24-21-18-15-12-9-6-3/h4-60H2,1-3H3. The second-order valence-corrected chi connectivity index (χ2v) is 26.5. The summed E-state index contributed by atoms with van der Waals surface area (Å²) in [4.78, 5) is 79.0. The van der Waals surface area contributed by atoms with Gasteiger partial charge in [0, 0.05) is 19.3 Å². The fourth-order valence-corrected chi connectivity index (χ4v) is 13.0. The molecule has 0 spiro atoms. The van der Waals surface area contributed by atoms with Gasteiger partial charge in [-0.2, -0.15) is 35.3 Å². The van der Waals surface area contributed by atoms with Crippen LogP contribution in [0.4, 0.5) is 0 Å². The lowest BCUT2D eigenvalue weighted by Gasteiger charge is -2.14. The summed E-state index contributed by atoms with van der Waals surface area (Å²) in [6, 6.07) is 0. The highest BCUT2D eigenvalue weighted by atomic mass is 32.2. The zero-order valence-electron chi connectivity index (χ0n) is 52.5. The number of thioether (sulfide) groups is 3. The molecule has 0 saturated heterocycles. The van der Waals surface area contributed by atoms with E-state index in [9.17, 15) is 28.8 Å². The van der Waals surface area contributed by atoms with Gasteiger partial charge >= 0.3 is 35.0 Å². The number of hydrogen-bond donors (Lipinski definition) is 0. The van der Waals surface area contributed by atoms with E-state index in [2.05, 4.69) is 20.8 Å². The molecule has 0 radical (unpaired) electrons. The number of aromatic nitrogens is 3. The van der Waals surface area contributed by atoms with Crippen LogP contribution < -0.4 is 17.1 Å². The molecular formula is C66H123N3O9S3. The minimum absolute atomic E-state index is 0.225. The largest absolute Gasteiger partial charge is 0.464 e. The average molecular weight is 1200 g/mol. The smallest absolute Gasteiger partial charge is 0.336 e. The van der Waals surface area contributed by atoms with Crippen LogP contribution in [-0.2, 0) is 48.2 Å². The number of unbranched alkanes of at least 4 members (excludes halogenated alkanes) is 36. The van der Waals surface area contributed by atoms with E-state index in [1.54, 1.807) is 0 Å². The monoisotopic (exact) mass is 1200 g/mol. The first kappa shape index (κ1) is 76.9. The number of carbonyl (C=O) groups is 3. The molecule has 0 atom stereocenters. The van der Waals surface area contributed by atoms with E-state index in [1.165, 1.54) is 250 Å². The first-order chi connectivity index (χ1) is 39.8. The lowest BCUT2D eigenvalue weighted by atomic mass is 10.1. The van der Waals surface area contributed by atoms with Gasteiger partial charge in [0.2, 0.25) is 0 Å². The van der Waals surface area contributed by atoms with E-state index < -0.39 is 35.0 Å². The molecule has 0 aliphatic rings. The van der Waals surface area contributed by atoms with Crippen LogP contribution in [0.15, 0.2) is 14.4 Å². The molecule has 0 aromatic carbocycles. The van der Waals surface area contributed by atoms with Crippen LogP contribution >= 0.6 is 35.3 Å². The molecule has 0 aliphatic carbocycles. The summed E-state index contributed by atoms with van der Waals surface area (Å²) in [6.07, 6.45) is 54.7. The van der Waals surface area contributed by atoms with Crippen molar-refractivity contribution in [1.29, 1.82) is 0 Å². The Labute approximate surface area is 507 Å². The Balaban J connectivity index is 2.53. The van der Waals surface area contributed by atoms with Crippen molar-refractivity contribution in [3.05, 3.63) is 31.5 Å². The van der Waals surface area contributed by atoms with Crippen LogP contribution in [0, 0.1) is 0 Å². The first-order valence-corrected chi connectivity index (χ1v) is 37.4. The number of ether oxygens (including phenoxy) is 3. The zero-order valence-corrected chi connectivity index (χ0v) is 55.0. The van der Waals surface area contributed by atoms with Crippen molar-refractivity contribution >= 4 is 53.2 Å². The van der Waals surface area contributed by atoms with Gasteiger partial charge in [-0.1, -0.05) is 252 Å². The molecule has 1 aromatic heterocycles. The van der Waals surface area contributed by atoms with Gasteiger partial charge in [-0.15, -0.1) is 0 Å². The lowest BCUT2D eigenvalue weighted by Crippen LogP contribution is -2.55. The third kappa shape index (κ3) is 47.8. The number of carbonyl (C=O) groups excluding carboxylic acids is 3. The minimum atomic E-state index is -0.879. The third-order valence-electron chi connectivity index (χ3n) is 15.3. The number of hydrogen-bond acceptors (Lipinski definition) is 12. The molecule has 0 aliphatic heterocycles. The Kier molecular flexibility index (Phi) is 56.6. The summed E-state index contributed by atoms with van der Waals surface area (Å²) in [6.45, 7) is 5.34. The molecule has 0 amide bonds. The SMILES string of the molecule is CCCCCCCCCCCCCCCSCCCC(=O)OCCn1c(=O)n(CCOC(=O)CCCSCCCCCCCCCCCCCCC)c(=O)n(CCOC(=O)CCCSCCCCCCCCCCCCCCC)c1=O. The summed E-state index contributed by atoms with van der Waals surface area (Å²) in [5.74, 6) is 4.57. The molecule has 81 heavy (non-hydrogen) atoms. The van der Waals surface area contributed by atoms with Crippen LogP contribution in [0.2, 0.25) is 0 Å². The van der Waals surface area contributed by atoms with Crippen LogP contribution in [0.25, 0.3) is 0 Å². The Morgan fingerprint density at radius 3 is 0.642 bits per heavy atom. The Morgan fingerprint density at radius 2 is 0.444 bits per heavy atom. The first-order valence-electron chi connectivity index (χ1n) is 33.9. The van der Waals surface area contributed by atoms with Gasteiger partial charge in [-0.05, 0) is 73.0 Å². The maximum atomic E-state index is 13.7. The molecule has 1 rings (SSSR count). The summed E-state index contributed by atoms with van der Waals surface area (Å²) in [5.41, 5.74) is -2.64. The van der Waals surface area contributed by atoms with Crippen molar-refractivity contribution in [3.8, 4) is 0 Å². The maximum Gasteiger partial charge on any atom is 0.336 e. The van der Waals surface area contributed by atoms with Crippen LogP contribution in [0.3, 0.4) is 0 Å². The highest BCUT2D eigenvalue weighted by Crippen LogP contribution is 2.18. The summed E-state index contributed by atoms with van der Waals surface area (Å²) >= 11 is 5.56. The molecule has 12 nitrogen and oxygen atoms in total. The fourth-order valence-electron chi connectivity index (χ4n) is 10.2. The molecule has 1 heterocycles. The van der Waals surface area contributed by atoms with E-state index in [-0.39, 0.29) is 58.7 Å². The Bertz CT molecular complexity index is 1560. The topological polar surface area (TPSA) is 145 Å². The number of rotatable bonds is 63. The molecular weight excluding hydrogens is 1070 g/mol. The van der Waals surface area contributed by atoms with Crippen LogP contribution in [0.5, 0.6) is 0 Å². The molecule has 1 aromatic rings. The predicted molar refractivity (Wildman–Crippen MR) is 349 cm³/mol. The van der Waals surface area contributed by atoms with Crippen molar-refractivity contribution in [2.45, 2.75) is 329 Å². The van der Waals surface area contributed by atoms with Crippen LogP contribution in [-0.4, -0.2) is 85.9 Å². The third-order valence-corrected chi connectivity index (χ3v) is 18.8. The molecule has 474 valence electrons.